The molecule has 0 radical (unpaired) electrons. The number of aromatic nitrogens is 2. The zero-order chi connectivity index (χ0) is 11.0. The fourth-order valence-corrected chi connectivity index (χ4v) is 2.04. The molecule has 0 amide bonds. The maximum Gasteiger partial charge on any atom is 0.163 e. The molecule has 0 aliphatic heterocycles. The Kier molecular flexibility index (Phi) is 2.48. The Hall–Kier alpha value is -1.36. The molecule has 0 N–H and O–H groups in total. The van der Waals surface area contributed by atoms with Crippen LogP contribution in [-0.4, -0.2) is 22.5 Å². The number of carbonyl (C=O) groups excluding carboxylic acids is 1. The van der Waals surface area contributed by atoms with Crippen LogP contribution in [-0.2, 0) is 0 Å². The SMILES string of the molecule is COc1cc(Br)c2c(C(C)=O)cnn2c1. The van der Waals surface area contributed by atoms with Crippen molar-refractivity contribution in [3.8, 4) is 5.75 Å². The van der Waals surface area contributed by atoms with Crippen LogP contribution in [0.25, 0.3) is 5.52 Å². The van der Waals surface area contributed by atoms with Crippen LogP contribution in [0.5, 0.6) is 5.75 Å². The van der Waals surface area contributed by atoms with E-state index in [1.807, 2.05) is 6.07 Å². The normalized spacial score (nSPS) is 10.6. The van der Waals surface area contributed by atoms with E-state index in [1.54, 1.807) is 24.0 Å². The van der Waals surface area contributed by atoms with Crippen LogP contribution in [0.2, 0.25) is 0 Å². The summed E-state index contributed by atoms with van der Waals surface area (Å²) in [6, 6.07) is 1.81. The van der Waals surface area contributed by atoms with Gasteiger partial charge in [-0.1, -0.05) is 0 Å². The fraction of sp³-hybridized carbons (Fsp3) is 0.200. The van der Waals surface area contributed by atoms with Gasteiger partial charge in [-0.3, -0.25) is 4.79 Å². The molecule has 4 nitrogen and oxygen atoms in total. The van der Waals surface area contributed by atoms with Crippen LogP contribution in [0.15, 0.2) is 22.9 Å². The summed E-state index contributed by atoms with van der Waals surface area (Å²) in [6.07, 6.45) is 3.29. The second-order valence-corrected chi connectivity index (χ2v) is 3.99. The van der Waals surface area contributed by atoms with Crippen LogP contribution in [0.3, 0.4) is 0 Å². The van der Waals surface area contributed by atoms with E-state index in [0.29, 0.717) is 11.3 Å². The lowest BCUT2D eigenvalue weighted by Gasteiger charge is -2.03. The van der Waals surface area contributed by atoms with Gasteiger partial charge in [0.15, 0.2) is 5.78 Å². The summed E-state index contributed by atoms with van der Waals surface area (Å²) in [4.78, 5) is 11.3. The standard InChI is InChI=1S/C10H9BrN2O2/c1-6(14)8-4-12-13-5-7(15-2)3-9(11)10(8)13/h3-5H,1-2H3. The van der Waals surface area contributed by atoms with Gasteiger partial charge in [0.1, 0.15) is 5.75 Å². The van der Waals surface area contributed by atoms with Gasteiger partial charge in [-0.05, 0) is 28.9 Å². The Morgan fingerprint density at radius 3 is 2.93 bits per heavy atom. The van der Waals surface area contributed by atoms with E-state index in [0.717, 1.165) is 9.99 Å². The van der Waals surface area contributed by atoms with E-state index in [-0.39, 0.29) is 5.78 Å². The summed E-state index contributed by atoms with van der Waals surface area (Å²) in [5.41, 5.74) is 1.37. The number of carbonyl (C=O) groups is 1. The van der Waals surface area contributed by atoms with Crippen LogP contribution < -0.4 is 4.74 Å². The molecule has 15 heavy (non-hydrogen) atoms. The molecule has 2 aromatic rings. The molecule has 78 valence electrons. The number of fused-ring (bicyclic) bond motifs is 1. The first-order chi connectivity index (χ1) is 7.13. The average molecular weight is 269 g/mol. The number of nitrogens with zero attached hydrogens (tertiary/aromatic N) is 2. The highest BCUT2D eigenvalue weighted by molar-refractivity contribution is 9.10. The smallest absolute Gasteiger partial charge is 0.163 e. The van der Waals surface area contributed by atoms with Crippen molar-refractivity contribution in [2.75, 3.05) is 7.11 Å². The summed E-state index contributed by atoms with van der Waals surface area (Å²) in [7, 11) is 1.59. The number of hydrogen-bond donors (Lipinski definition) is 0. The lowest BCUT2D eigenvalue weighted by molar-refractivity contribution is 0.101. The maximum absolute atomic E-state index is 11.3. The van der Waals surface area contributed by atoms with Gasteiger partial charge in [0.25, 0.3) is 0 Å². The highest BCUT2D eigenvalue weighted by atomic mass is 79.9. The van der Waals surface area contributed by atoms with Gasteiger partial charge in [-0.15, -0.1) is 0 Å². The van der Waals surface area contributed by atoms with E-state index in [1.165, 1.54) is 6.92 Å². The molecule has 0 aromatic carbocycles. The Labute approximate surface area is 95.0 Å². The minimum absolute atomic E-state index is 0.00383. The summed E-state index contributed by atoms with van der Waals surface area (Å²) in [6.45, 7) is 1.52. The lowest BCUT2D eigenvalue weighted by Crippen LogP contribution is -1.94. The molecule has 0 saturated carbocycles. The van der Waals surface area contributed by atoms with Gasteiger partial charge < -0.3 is 4.74 Å². The Balaban J connectivity index is 2.77. The van der Waals surface area contributed by atoms with Crippen LogP contribution in [0, 0.1) is 0 Å². The number of pyridine rings is 1. The van der Waals surface area contributed by atoms with Gasteiger partial charge in [-0.25, -0.2) is 4.52 Å². The van der Waals surface area contributed by atoms with Crippen molar-refractivity contribution in [1.82, 2.24) is 9.61 Å². The van der Waals surface area contributed by atoms with Crippen LogP contribution in [0.1, 0.15) is 17.3 Å². The Morgan fingerprint density at radius 2 is 2.33 bits per heavy atom. The minimum atomic E-state index is -0.00383. The first kappa shape index (κ1) is 10.2. The van der Waals surface area contributed by atoms with Crippen LogP contribution >= 0.6 is 15.9 Å². The van der Waals surface area contributed by atoms with Crippen LogP contribution in [0.4, 0.5) is 0 Å². The van der Waals surface area contributed by atoms with Gasteiger partial charge in [0.2, 0.25) is 0 Å². The van der Waals surface area contributed by atoms with Crippen molar-refractivity contribution in [3.63, 3.8) is 0 Å². The number of methoxy groups -OCH3 is 1. The van der Waals surface area contributed by atoms with E-state index in [9.17, 15) is 4.79 Å². The topological polar surface area (TPSA) is 43.6 Å². The molecular formula is C10H9BrN2O2. The van der Waals surface area contributed by atoms with E-state index < -0.39 is 0 Å². The van der Waals surface area contributed by atoms with E-state index >= 15 is 0 Å². The van der Waals surface area contributed by atoms with Crippen molar-refractivity contribution in [1.29, 1.82) is 0 Å². The molecule has 2 heterocycles. The molecule has 5 heteroatoms. The molecule has 0 saturated heterocycles. The summed E-state index contributed by atoms with van der Waals surface area (Å²) in [5.74, 6) is 0.684. The second kappa shape index (κ2) is 3.66. The van der Waals surface area contributed by atoms with Gasteiger partial charge >= 0.3 is 0 Å². The number of rotatable bonds is 2. The van der Waals surface area contributed by atoms with Gasteiger partial charge in [0.05, 0.1) is 30.6 Å². The van der Waals surface area contributed by atoms with Crippen molar-refractivity contribution in [2.45, 2.75) is 6.92 Å². The maximum atomic E-state index is 11.3. The highest BCUT2D eigenvalue weighted by Gasteiger charge is 2.12. The fourth-order valence-electron chi connectivity index (χ4n) is 1.42. The highest BCUT2D eigenvalue weighted by Crippen LogP contribution is 2.26. The summed E-state index contributed by atoms with van der Waals surface area (Å²) in [5, 5.41) is 4.10. The number of ketones is 1. The first-order valence-electron chi connectivity index (χ1n) is 4.35. The quantitative estimate of drug-likeness (QED) is 0.786. The number of ether oxygens (including phenoxy) is 1. The molecule has 0 fully saturated rings. The minimum Gasteiger partial charge on any atom is -0.495 e. The number of hydrogen-bond acceptors (Lipinski definition) is 3. The van der Waals surface area contributed by atoms with Gasteiger partial charge in [-0.2, -0.15) is 5.10 Å². The molecule has 2 aromatic heterocycles. The van der Waals surface area contributed by atoms with Gasteiger partial charge in [0, 0.05) is 4.47 Å². The third kappa shape index (κ3) is 1.63. The number of Topliss-reactive ketones (excluding diaryl/α,β-unsaturated/α-hetero) is 1. The molecule has 0 unspecified atom stereocenters. The zero-order valence-electron chi connectivity index (χ0n) is 8.32. The van der Waals surface area contributed by atoms with E-state index in [4.69, 9.17) is 4.74 Å². The monoisotopic (exact) mass is 268 g/mol. The largest absolute Gasteiger partial charge is 0.495 e. The molecule has 0 spiro atoms. The first-order valence-corrected chi connectivity index (χ1v) is 5.14. The average Bonchev–Trinajstić information content (AvgIpc) is 2.61. The van der Waals surface area contributed by atoms with Crippen molar-refractivity contribution < 1.29 is 9.53 Å². The predicted molar refractivity (Wildman–Crippen MR) is 59.4 cm³/mol. The van der Waals surface area contributed by atoms with Crippen molar-refractivity contribution in [3.05, 3.63) is 28.5 Å². The van der Waals surface area contributed by atoms with E-state index in [2.05, 4.69) is 21.0 Å². The number of halogens is 1. The third-order valence-electron chi connectivity index (χ3n) is 2.16. The molecule has 0 atom stereocenters. The molecule has 0 bridgehead atoms. The van der Waals surface area contributed by atoms with Crippen molar-refractivity contribution in [2.24, 2.45) is 0 Å². The second-order valence-electron chi connectivity index (χ2n) is 3.14. The predicted octanol–water partition coefficient (Wildman–Crippen LogP) is 2.31. The summed E-state index contributed by atoms with van der Waals surface area (Å²) >= 11 is 3.39. The van der Waals surface area contributed by atoms with Crippen molar-refractivity contribution >= 4 is 27.2 Å². The molecule has 0 aliphatic rings. The molecule has 0 aliphatic carbocycles. The third-order valence-corrected chi connectivity index (χ3v) is 2.76. The Morgan fingerprint density at radius 1 is 1.60 bits per heavy atom. The summed E-state index contributed by atoms with van der Waals surface area (Å²) < 4.78 is 7.52. The molecular weight excluding hydrogens is 260 g/mol. The zero-order valence-corrected chi connectivity index (χ0v) is 9.91. The Bertz CT molecular complexity index is 533. The lowest BCUT2D eigenvalue weighted by atomic mass is 10.2. The molecule has 2 rings (SSSR count).